The lowest BCUT2D eigenvalue weighted by Crippen LogP contribution is -1.95. The van der Waals surface area contributed by atoms with Crippen LogP contribution in [0.1, 0.15) is 30.0 Å². The van der Waals surface area contributed by atoms with Gasteiger partial charge in [-0.15, -0.1) is 0 Å². The van der Waals surface area contributed by atoms with E-state index in [4.69, 9.17) is 0 Å². The van der Waals surface area contributed by atoms with E-state index in [2.05, 4.69) is 57.6 Å². The third-order valence-corrected chi connectivity index (χ3v) is 3.61. The topological polar surface area (TPSA) is 17.8 Å². The van der Waals surface area contributed by atoms with Crippen molar-refractivity contribution >= 4 is 15.9 Å². The first-order valence-electron chi connectivity index (χ1n) is 5.57. The summed E-state index contributed by atoms with van der Waals surface area (Å²) in [5.41, 5.74) is 3.67. The molecule has 0 atom stereocenters. The van der Waals surface area contributed by atoms with Crippen molar-refractivity contribution in [2.45, 2.75) is 24.1 Å². The Labute approximate surface area is 103 Å². The summed E-state index contributed by atoms with van der Waals surface area (Å²) in [4.78, 5) is 0. The van der Waals surface area contributed by atoms with E-state index in [1.807, 2.05) is 4.68 Å². The van der Waals surface area contributed by atoms with Gasteiger partial charge in [0.05, 0.1) is 11.4 Å². The fourth-order valence-corrected chi connectivity index (χ4v) is 2.19. The van der Waals surface area contributed by atoms with Gasteiger partial charge in [-0.25, -0.2) is 4.68 Å². The maximum Gasteiger partial charge on any atom is 0.0659 e. The van der Waals surface area contributed by atoms with E-state index in [9.17, 15) is 0 Å². The first-order chi connectivity index (χ1) is 7.86. The maximum atomic E-state index is 4.60. The van der Waals surface area contributed by atoms with Gasteiger partial charge < -0.3 is 0 Å². The SMILES string of the molecule is BrCc1ccc(-n2ccc(C3CC3)n2)cc1. The summed E-state index contributed by atoms with van der Waals surface area (Å²) in [6.45, 7) is 0. The van der Waals surface area contributed by atoms with Gasteiger partial charge >= 0.3 is 0 Å². The van der Waals surface area contributed by atoms with Crippen molar-refractivity contribution < 1.29 is 0 Å². The van der Waals surface area contributed by atoms with E-state index in [1.54, 1.807) is 0 Å². The van der Waals surface area contributed by atoms with Gasteiger partial charge in [-0.2, -0.15) is 5.10 Å². The molecule has 0 unspecified atom stereocenters. The number of alkyl halides is 1. The van der Waals surface area contributed by atoms with Crippen LogP contribution >= 0.6 is 15.9 Å². The summed E-state index contributed by atoms with van der Waals surface area (Å²) in [6.07, 6.45) is 4.66. The summed E-state index contributed by atoms with van der Waals surface area (Å²) in [7, 11) is 0. The molecule has 0 saturated heterocycles. The van der Waals surface area contributed by atoms with Crippen LogP contribution in [0.2, 0.25) is 0 Å². The summed E-state index contributed by atoms with van der Waals surface area (Å²) in [6, 6.07) is 10.6. The van der Waals surface area contributed by atoms with Crippen LogP contribution in [-0.4, -0.2) is 9.78 Å². The fraction of sp³-hybridized carbons (Fsp3) is 0.308. The lowest BCUT2D eigenvalue weighted by atomic mass is 10.2. The molecule has 0 aliphatic heterocycles. The molecule has 1 aromatic carbocycles. The van der Waals surface area contributed by atoms with Gasteiger partial charge in [0, 0.05) is 17.4 Å². The fourth-order valence-electron chi connectivity index (χ4n) is 1.82. The summed E-state index contributed by atoms with van der Waals surface area (Å²) >= 11 is 3.45. The molecule has 2 nitrogen and oxygen atoms in total. The summed E-state index contributed by atoms with van der Waals surface area (Å²) in [5.74, 6) is 0.725. The van der Waals surface area contributed by atoms with Crippen molar-refractivity contribution in [2.24, 2.45) is 0 Å². The first kappa shape index (κ1) is 10.1. The molecule has 16 heavy (non-hydrogen) atoms. The lowest BCUT2D eigenvalue weighted by Gasteiger charge is -2.02. The molecule has 0 spiro atoms. The van der Waals surface area contributed by atoms with Crippen molar-refractivity contribution in [3.8, 4) is 5.69 Å². The van der Waals surface area contributed by atoms with Crippen LogP contribution in [0.25, 0.3) is 5.69 Å². The number of hydrogen-bond donors (Lipinski definition) is 0. The molecule has 2 aromatic rings. The van der Waals surface area contributed by atoms with Gasteiger partial charge in [-0.1, -0.05) is 28.1 Å². The van der Waals surface area contributed by atoms with Gasteiger partial charge in [-0.3, -0.25) is 0 Å². The Hall–Kier alpha value is -1.09. The molecule has 1 aliphatic rings. The number of aromatic nitrogens is 2. The van der Waals surface area contributed by atoms with E-state index in [0.29, 0.717) is 0 Å². The van der Waals surface area contributed by atoms with Crippen LogP contribution < -0.4 is 0 Å². The number of halogens is 1. The molecule has 82 valence electrons. The quantitative estimate of drug-likeness (QED) is 0.783. The second-order valence-electron chi connectivity index (χ2n) is 4.26. The Morgan fingerprint density at radius 2 is 1.94 bits per heavy atom. The highest BCUT2D eigenvalue weighted by atomic mass is 79.9. The molecule has 1 aliphatic carbocycles. The Morgan fingerprint density at radius 3 is 2.56 bits per heavy atom. The Bertz CT molecular complexity index is 483. The lowest BCUT2D eigenvalue weighted by molar-refractivity contribution is 0.837. The first-order valence-corrected chi connectivity index (χ1v) is 6.70. The third-order valence-electron chi connectivity index (χ3n) is 2.96. The van der Waals surface area contributed by atoms with Crippen LogP contribution in [0.3, 0.4) is 0 Å². The highest BCUT2D eigenvalue weighted by molar-refractivity contribution is 9.08. The molecule has 3 heteroatoms. The molecule has 0 amide bonds. The molecule has 1 aromatic heterocycles. The normalized spacial score (nSPS) is 15.3. The van der Waals surface area contributed by atoms with Crippen LogP contribution in [0.5, 0.6) is 0 Å². The average Bonchev–Trinajstić information content (AvgIpc) is 3.08. The van der Waals surface area contributed by atoms with Crippen molar-refractivity contribution in [3.63, 3.8) is 0 Å². The summed E-state index contributed by atoms with van der Waals surface area (Å²) < 4.78 is 1.96. The van der Waals surface area contributed by atoms with E-state index >= 15 is 0 Å². The van der Waals surface area contributed by atoms with Crippen molar-refractivity contribution in [1.29, 1.82) is 0 Å². The standard InChI is InChI=1S/C13H13BrN2/c14-9-10-1-5-12(6-2-10)16-8-7-13(15-16)11-3-4-11/h1-2,5-8,11H,3-4,9H2. The molecule has 0 radical (unpaired) electrons. The zero-order valence-electron chi connectivity index (χ0n) is 8.94. The minimum Gasteiger partial charge on any atom is -0.241 e. The minimum atomic E-state index is 0.725. The van der Waals surface area contributed by atoms with Crippen molar-refractivity contribution in [3.05, 3.63) is 47.8 Å². The Morgan fingerprint density at radius 1 is 1.19 bits per heavy atom. The number of benzene rings is 1. The van der Waals surface area contributed by atoms with E-state index in [0.717, 1.165) is 16.9 Å². The predicted molar refractivity (Wildman–Crippen MR) is 68.2 cm³/mol. The van der Waals surface area contributed by atoms with E-state index < -0.39 is 0 Å². The number of nitrogens with zero attached hydrogens (tertiary/aromatic N) is 2. The number of hydrogen-bond acceptors (Lipinski definition) is 1. The van der Waals surface area contributed by atoms with Gasteiger partial charge in [0.2, 0.25) is 0 Å². The molecule has 1 fully saturated rings. The second kappa shape index (κ2) is 4.06. The molecular formula is C13H13BrN2. The van der Waals surface area contributed by atoms with Crippen LogP contribution in [0.15, 0.2) is 36.5 Å². The molecule has 3 rings (SSSR count). The van der Waals surface area contributed by atoms with Crippen LogP contribution in [0.4, 0.5) is 0 Å². The summed E-state index contributed by atoms with van der Waals surface area (Å²) in [5, 5.41) is 5.51. The van der Waals surface area contributed by atoms with Gasteiger partial charge in [0.1, 0.15) is 0 Å². The maximum absolute atomic E-state index is 4.60. The third kappa shape index (κ3) is 1.92. The van der Waals surface area contributed by atoms with E-state index in [1.165, 1.54) is 24.1 Å². The number of rotatable bonds is 3. The molecule has 1 saturated carbocycles. The highest BCUT2D eigenvalue weighted by Crippen LogP contribution is 2.38. The molecule has 1 heterocycles. The molecular weight excluding hydrogens is 264 g/mol. The monoisotopic (exact) mass is 276 g/mol. The largest absolute Gasteiger partial charge is 0.241 e. The van der Waals surface area contributed by atoms with Gasteiger partial charge in [0.15, 0.2) is 0 Å². The molecule has 0 bridgehead atoms. The Kier molecular flexibility index (Phi) is 2.56. The zero-order chi connectivity index (χ0) is 11.0. The average molecular weight is 277 g/mol. The second-order valence-corrected chi connectivity index (χ2v) is 4.82. The smallest absolute Gasteiger partial charge is 0.0659 e. The van der Waals surface area contributed by atoms with Gasteiger partial charge in [0.25, 0.3) is 0 Å². The van der Waals surface area contributed by atoms with Crippen LogP contribution in [0, 0.1) is 0 Å². The van der Waals surface area contributed by atoms with Crippen molar-refractivity contribution in [2.75, 3.05) is 0 Å². The van der Waals surface area contributed by atoms with Gasteiger partial charge in [-0.05, 0) is 36.6 Å². The zero-order valence-corrected chi connectivity index (χ0v) is 10.5. The minimum absolute atomic E-state index is 0.725. The predicted octanol–water partition coefficient (Wildman–Crippen LogP) is 3.64. The van der Waals surface area contributed by atoms with Crippen LogP contribution in [-0.2, 0) is 5.33 Å². The highest BCUT2D eigenvalue weighted by Gasteiger charge is 2.25. The van der Waals surface area contributed by atoms with E-state index in [-0.39, 0.29) is 0 Å². The molecule has 0 N–H and O–H groups in total. The Balaban J connectivity index is 1.88. The van der Waals surface area contributed by atoms with Crippen molar-refractivity contribution in [1.82, 2.24) is 9.78 Å².